The second kappa shape index (κ2) is 12.8. The van der Waals surface area contributed by atoms with Gasteiger partial charge in [0.25, 0.3) is 5.91 Å². The lowest BCUT2D eigenvalue weighted by Crippen LogP contribution is -2.48. The van der Waals surface area contributed by atoms with Crippen molar-refractivity contribution in [3.63, 3.8) is 0 Å². The molecule has 0 saturated carbocycles. The van der Waals surface area contributed by atoms with E-state index in [1.807, 2.05) is 0 Å². The fraction of sp³-hybridized carbons (Fsp3) is 0.161. The van der Waals surface area contributed by atoms with Crippen LogP contribution in [0.3, 0.4) is 0 Å². The van der Waals surface area contributed by atoms with E-state index in [1.165, 1.54) is 12.1 Å². The van der Waals surface area contributed by atoms with Crippen LogP contribution >= 0.6 is 0 Å². The number of rotatable bonds is 9. The molecule has 0 aliphatic heterocycles. The minimum absolute atomic E-state index is 0.162. The smallest absolute Gasteiger partial charge is 0.478 e. The van der Waals surface area contributed by atoms with Crippen LogP contribution in [0.15, 0.2) is 91.0 Å². The fourth-order valence-electron chi connectivity index (χ4n) is 4.70. The van der Waals surface area contributed by atoms with Crippen molar-refractivity contribution >= 4 is 11.9 Å². The molecule has 0 aromatic heterocycles. The van der Waals surface area contributed by atoms with Crippen molar-refractivity contribution in [3.05, 3.63) is 130 Å². The van der Waals surface area contributed by atoms with Gasteiger partial charge < -0.3 is 19.9 Å². The van der Waals surface area contributed by atoms with Gasteiger partial charge in [0.2, 0.25) is 0 Å². The minimum atomic E-state index is -5.24. The van der Waals surface area contributed by atoms with E-state index in [2.05, 4.69) is 14.8 Å². The van der Waals surface area contributed by atoms with Gasteiger partial charge in [-0.05, 0) is 71.3 Å². The molecule has 0 saturated heterocycles. The van der Waals surface area contributed by atoms with Gasteiger partial charge in [0.15, 0.2) is 0 Å². The van der Waals surface area contributed by atoms with Gasteiger partial charge in [0, 0.05) is 12.0 Å². The summed E-state index contributed by atoms with van der Waals surface area (Å²) in [7, 11) is 0. The summed E-state index contributed by atoms with van der Waals surface area (Å²) in [5, 5.41) is 11.7. The topological polar surface area (TPSA) is 84.9 Å². The summed E-state index contributed by atoms with van der Waals surface area (Å²) in [6.07, 6.45) is -16.2. The number of hydrogen-bond donors (Lipinski definition) is 2. The van der Waals surface area contributed by atoms with E-state index >= 15 is 0 Å². The standard InChI is InChI=1S/C31H19F10NO5/c32-25-12-11-19(13-24(25)29(33,34)35)26(43)42-28(16-17-7-9-18(10-8-17)27(44)45,20-3-1-5-22(14-20)46-30(36,37)38)21-4-2-6-23(15-21)47-31(39,40)41/h1-15H,16H2,(H,42,43)(H,44,45). The number of carboxylic acid groups (broad SMARTS) is 1. The molecule has 0 bridgehead atoms. The van der Waals surface area contributed by atoms with Crippen LogP contribution in [0.25, 0.3) is 0 Å². The average molecular weight is 675 g/mol. The number of carbonyl (C=O) groups is 2. The molecule has 2 N–H and O–H groups in total. The predicted molar refractivity (Wildman–Crippen MR) is 143 cm³/mol. The molecule has 6 nitrogen and oxygen atoms in total. The van der Waals surface area contributed by atoms with Gasteiger partial charge in [-0.15, -0.1) is 26.3 Å². The molecule has 0 spiro atoms. The lowest BCUT2D eigenvalue weighted by Gasteiger charge is -2.37. The van der Waals surface area contributed by atoms with Crippen LogP contribution in [-0.4, -0.2) is 29.7 Å². The van der Waals surface area contributed by atoms with Gasteiger partial charge in [0.1, 0.15) is 17.3 Å². The molecule has 4 aromatic carbocycles. The van der Waals surface area contributed by atoms with E-state index in [9.17, 15) is 58.6 Å². The number of benzene rings is 4. The summed E-state index contributed by atoms with van der Waals surface area (Å²) in [5.74, 6) is -6.06. The highest BCUT2D eigenvalue weighted by atomic mass is 19.4. The Labute approximate surface area is 258 Å². The predicted octanol–water partition coefficient (Wildman–Crippen LogP) is 8.26. The summed E-state index contributed by atoms with van der Waals surface area (Å²) in [6.45, 7) is 0. The zero-order chi connectivity index (χ0) is 34.8. The highest BCUT2D eigenvalue weighted by Crippen LogP contribution is 2.39. The van der Waals surface area contributed by atoms with Crippen LogP contribution in [0.5, 0.6) is 11.5 Å². The van der Waals surface area contributed by atoms with E-state index in [0.717, 1.165) is 60.7 Å². The van der Waals surface area contributed by atoms with E-state index in [0.29, 0.717) is 12.1 Å². The number of carbonyl (C=O) groups excluding carboxylic acids is 1. The molecule has 0 aliphatic rings. The van der Waals surface area contributed by atoms with Crippen LogP contribution < -0.4 is 14.8 Å². The quantitative estimate of drug-likeness (QED) is 0.175. The molecule has 0 unspecified atom stereocenters. The molecule has 16 heteroatoms. The van der Waals surface area contributed by atoms with E-state index < -0.39 is 71.2 Å². The second-order valence-corrected chi connectivity index (χ2v) is 9.88. The summed E-state index contributed by atoms with van der Waals surface area (Å²) in [6, 6.07) is 13.8. The van der Waals surface area contributed by atoms with Crippen molar-refractivity contribution in [2.45, 2.75) is 30.9 Å². The van der Waals surface area contributed by atoms with E-state index in [-0.39, 0.29) is 28.3 Å². The Morgan fingerprint density at radius 3 is 1.60 bits per heavy atom. The molecule has 4 rings (SSSR count). The Morgan fingerprint density at radius 1 is 0.660 bits per heavy atom. The van der Waals surface area contributed by atoms with Gasteiger partial charge in [-0.1, -0.05) is 36.4 Å². The van der Waals surface area contributed by atoms with Crippen molar-refractivity contribution in [2.75, 3.05) is 0 Å². The molecular formula is C31H19F10NO5. The van der Waals surface area contributed by atoms with Crippen molar-refractivity contribution < 1.29 is 68.1 Å². The Morgan fingerprint density at radius 2 is 1.15 bits per heavy atom. The zero-order valence-electron chi connectivity index (χ0n) is 23.2. The molecule has 0 aliphatic carbocycles. The van der Waals surface area contributed by atoms with Gasteiger partial charge in [-0.3, -0.25) is 4.79 Å². The maximum atomic E-state index is 14.0. The molecule has 4 aromatic rings. The highest BCUT2D eigenvalue weighted by Gasteiger charge is 2.40. The first kappa shape index (κ1) is 34.6. The van der Waals surface area contributed by atoms with Crippen molar-refractivity contribution in [1.29, 1.82) is 0 Å². The summed E-state index contributed by atoms with van der Waals surface area (Å²) < 4.78 is 141. The van der Waals surface area contributed by atoms with Crippen LogP contribution in [0.2, 0.25) is 0 Å². The second-order valence-electron chi connectivity index (χ2n) is 9.88. The lowest BCUT2D eigenvalue weighted by atomic mass is 9.77. The molecule has 0 radical (unpaired) electrons. The summed E-state index contributed by atoms with van der Waals surface area (Å²) in [5.41, 5.74) is -5.37. The number of nitrogens with one attached hydrogen (secondary N) is 1. The van der Waals surface area contributed by atoms with Crippen LogP contribution in [-0.2, 0) is 18.1 Å². The maximum Gasteiger partial charge on any atom is 0.573 e. The summed E-state index contributed by atoms with van der Waals surface area (Å²) in [4.78, 5) is 25.0. The fourth-order valence-corrected chi connectivity index (χ4v) is 4.70. The lowest BCUT2D eigenvalue weighted by molar-refractivity contribution is -0.275. The minimum Gasteiger partial charge on any atom is -0.478 e. The number of alkyl halides is 9. The average Bonchev–Trinajstić information content (AvgIpc) is 2.95. The highest BCUT2D eigenvalue weighted by molar-refractivity contribution is 5.95. The van der Waals surface area contributed by atoms with Crippen LogP contribution in [0.4, 0.5) is 43.9 Å². The van der Waals surface area contributed by atoms with Crippen molar-refractivity contribution in [3.8, 4) is 11.5 Å². The zero-order valence-corrected chi connectivity index (χ0v) is 23.2. The van der Waals surface area contributed by atoms with Gasteiger partial charge in [0.05, 0.1) is 16.7 Å². The van der Waals surface area contributed by atoms with Crippen LogP contribution in [0.1, 0.15) is 43.0 Å². The van der Waals surface area contributed by atoms with Crippen molar-refractivity contribution in [1.82, 2.24) is 5.32 Å². The first-order valence-corrected chi connectivity index (χ1v) is 13.0. The SMILES string of the molecule is O=C(O)c1ccc(CC(NC(=O)c2ccc(F)c(C(F)(F)F)c2)(c2cccc(OC(F)(F)F)c2)c2cccc(OC(F)(F)F)c2)cc1. The van der Waals surface area contributed by atoms with E-state index in [4.69, 9.17) is 0 Å². The third kappa shape index (κ3) is 8.71. The number of carboxylic acids is 1. The molecular weight excluding hydrogens is 656 g/mol. The molecule has 248 valence electrons. The molecule has 47 heavy (non-hydrogen) atoms. The maximum absolute atomic E-state index is 14.0. The number of amides is 1. The molecule has 0 atom stereocenters. The number of hydrogen-bond acceptors (Lipinski definition) is 4. The molecule has 0 fully saturated rings. The third-order valence-corrected chi connectivity index (χ3v) is 6.65. The Balaban J connectivity index is 1.99. The Bertz CT molecular complexity index is 1710. The normalized spacial score (nSPS) is 12.4. The largest absolute Gasteiger partial charge is 0.573 e. The monoisotopic (exact) mass is 675 g/mol. The van der Waals surface area contributed by atoms with Crippen molar-refractivity contribution in [2.24, 2.45) is 0 Å². The number of ether oxygens (including phenoxy) is 2. The van der Waals surface area contributed by atoms with E-state index in [1.54, 1.807) is 0 Å². The summed E-state index contributed by atoms with van der Waals surface area (Å²) >= 11 is 0. The van der Waals surface area contributed by atoms with Crippen LogP contribution in [0, 0.1) is 5.82 Å². The number of halogens is 10. The third-order valence-electron chi connectivity index (χ3n) is 6.65. The Hall–Kier alpha value is -5.28. The molecule has 1 amide bonds. The first-order valence-electron chi connectivity index (χ1n) is 13.0. The first-order chi connectivity index (χ1) is 21.8. The van der Waals surface area contributed by atoms with Gasteiger partial charge in [-0.25, -0.2) is 9.18 Å². The Kier molecular flexibility index (Phi) is 9.45. The van der Waals surface area contributed by atoms with Gasteiger partial charge >= 0.3 is 24.9 Å². The number of aromatic carboxylic acids is 1. The van der Waals surface area contributed by atoms with Gasteiger partial charge in [-0.2, -0.15) is 13.2 Å². The molecule has 0 heterocycles.